The molecule has 48 valence electrons. The van der Waals surface area contributed by atoms with Crippen molar-refractivity contribution in [2.45, 2.75) is 6.92 Å². The molecule has 0 aliphatic heterocycles. The van der Waals surface area contributed by atoms with Crippen LogP contribution in [0.5, 0.6) is 0 Å². The standard InChI is InChI=1S/C8H10O/c1-2-3-4-5-6-7-8-9/h2-5,9H,8H2,1H3/b3-2+,5-4+. The zero-order valence-electron chi connectivity index (χ0n) is 5.46. The van der Waals surface area contributed by atoms with Gasteiger partial charge < -0.3 is 5.11 Å². The first-order valence-electron chi connectivity index (χ1n) is 2.79. The van der Waals surface area contributed by atoms with Crippen molar-refractivity contribution in [2.24, 2.45) is 0 Å². The van der Waals surface area contributed by atoms with E-state index < -0.39 is 0 Å². The molecule has 1 N–H and O–H groups in total. The van der Waals surface area contributed by atoms with Crippen LogP contribution >= 0.6 is 0 Å². The van der Waals surface area contributed by atoms with E-state index in [9.17, 15) is 0 Å². The lowest BCUT2D eigenvalue weighted by Gasteiger charge is -1.67. The van der Waals surface area contributed by atoms with Gasteiger partial charge in [0.2, 0.25) is 0 Å². The molecule has 0 atom stereocenters. The van der Waals surface area contributed by atoms with Gasteiger partial charge >= 0.3 is 0 Å². The minimum absolute atomic E-state index is 0.0693. The molecule has 0 heterocycles. The second-order valence-corrected chi connectivity index (χ2v) is 1.36. The molecule has 0 aromatic carbocycles. The van der Waals surface area contributed by atoms with Crippen molar-refractivity contribution in [3.05, 3.63) is 24.3 Å². The first kappa shape index (κ1) is 8.00. The van der Waals surface area contributed by atoms with Crippen LogP contribution in [0.4, 0.5) is 0 Å². The van der Waals surface area contributed by atoms with Gasteiger partial charge in [0.15, 0.2) is 0 Å². The normalized spacial score (nSPS) is 10.0. The molecule has 0 aromatic rings. The van der Waals surface area contributed by atoms with Crippen LogP contribution in [0.25, 0.3) is 0 Å². The van der Waals surface area contributed by atoms with Crippen LogP contribution < -0.4 is 0 Å². The first-order chi connectivity index (χ1) is 4.41. The summed E-state index contributed by atoms with van der Waals surface area (Å²) in [6.07, 6.45) is 7.31. The van der Waals surface area contributed by atoms with Crippen LogP contribution in [0, 0.1) is 11.8 Å². The fourth-order valence-electron chi connectivity index (χ4n) is 0.319. The maximum Gasteiger partial charge on any atom is 0.104 e. The number of allylic oxidation sites excluding steroid dienone is 4. The zero-order chi connectivity index (χ0) is 6.95. The van der Waals surface area contributed by atoms with Gasteiger partial charge in [0.25, 0.3) is 0 Å². The summed E-state index contributed by atoms with van der Waals surface area (Å²) >= 11 is 0. The minimum Gasteiger partial charge on any atom is -0.384 e. The first-order valence-corrected chi connectivity index (χ1v) is 2.79. The van der Waals surface area contributed by atoms with E-state index in [2.05, 4.69) is 11.8 Å². The molecule has 9 heavy (non-hydrogen) atoms. The second kappa shape index (κ2) is 7.00. The van der Waals surface area contributed by atoms with Gasteiger partial charge in [-0.15, -0.1) is 0 Å². The molecule has 0 aliphatic carbocycles. The van der Waals surface area contributed by atoms with Gasteiger partial charge in [-0.3, -0.25) is 0 Å². The Kier molecular flexibility index (Phi) is 6.22. The largest absolute Gasteiger partial charge is 0.384 e. The molecule has 0 radical (unpaired) electrons. The molecule has 0 rings (SSSR count). The smallest absolute Gasteiger partial charge is 0.104 e. The Morgan fingerprint density at radius 1 is 1.44 bits per heavy atom. The fourth-order valence-corrected chi connectivity index (χ4v) is 0.319. The van der Waals surface area contributed by atoms with Gasteiger partial charge in [0.05, 0.1) is 0 Å². The molecule has 0 amide bonds. The maximum absolute atomic E-state index is 8.20. The van der Waals surface area contributed by atoms with Crippen molar-refractivity contribution in [3.8, 4) is 11.8 Å². The Hall–Kier alpha value is -1.00. The number of hydrogen-bond donors (Lipinski definition) is 1. The third kappa shape index (κ3) is 7.00. The van der Waals surface area contributed by atoms with Crippen molar-refractivity contribution in [2.75, 3.05) is 6.61 Å². The molecule has 0 unspecified atom stereocenters. The molecule has 1 heteroatoms. The maximum atomic E-state index is 8.20. The molecule has 0 bridgehead atoms. The molecule has 0 aromatic heterocycles. The van der Waals surface area contributed by atoms with E-state index in [4.69, 9.17) is 5.11 Å². The molecule has 1 nitrogen and oxygen atoms in total. The van der Waals surface area contributed by atoms with Gasteiger partial charge in [-0.2, -0.15) is 0 Å². The summed E-state index contributed by atoms with van der Waals surface area (Å²) in [7, 11) is 0. The van der Waals surface area contributed by atoms with E-state index in [1.165, 1.54) is 0 Å². The Morgan fingerprint density at radius 2 is 2.22 bits per heavy atom. The number of aliphatic hydroxyl groups excluding tert-OH is 1. The van der Waals surface area contributed by atoms with Crippen molar-refractivity contribution in [3.63, 3.8) is 0 Å². The summed E-state index contributed by atoms with van der Waals surface area (Å²) in [5.74, 6) is 5.13. The van der Waals surface area contributed by atoms with Crippen molar-refractivity contribution in [1.29, 1.82) is 0 Å². The molecule has 0 saturated heterocycles. The van der Waals surface area contributed by atoms with Gasteiger partial charge in [-0.1, -0.05) is 30.1 Å². The van der Waals surface area contributed by atoms with E-state index in [0.717, 1.165) is 0 Å². The Morgan fingerprint density at radius 3 is 2.78 bits per heavy atom. The van der Waals surface area contributed by atoms with Crippen LogP contribution in [0.1, 0.15) is 6.92 Å². The number of hydrogen-bond acceptors (Lipinski definition) is 1. The summed E-state index contributed by atoms with van der Waals surface area (Å²) in [5.41, 5.74) is 0. The van der Waals surface area contributed by atoms with Crippen LogP contribution in [0.3, 0.4) is 0 Å². The van der Waals surface area contributed by atoms with E-state index >= 15 is 0 Å². The Bertz CT molecular complexity index is 155. The third-order valence-electron chi connectivity index (χ3n) is 0.664. The quantitative estimate of drug-likeness (QED) is 0.408. The summed E-state index contributed by atoms with van der Waals surface area (Å²) in [6.45, 7) is 1.87. The van der Waals surface area contributed by atoms with Crippen LogP contribution in [-0.2, 0) is 0 Å². The van der Waals surface area contributed by atoms with Crippen LogP contribution in [-0.4, -0.2) is 11.7 Å². The topological polar surface area (TPSA) is 20.2 Å². The molecule has 0 saturated carbocycles. The lowest BCUT2D eigenvalue weighted by atomic mass is 10.4. The van der Waals surface area contributed by atoms with Crippen molar-refractivity contribution < 1.29 is 5.11 Å². The molecular formula is C8H10O. The monoisotopic (exact) mass is 122 g/mol. The highest BCUT2D eigenvalue weighted by atomic mass is 16.2. The zero-order valence-corrected chi connectivity index (χ0v) is 5.46. The van der Waals surface area contributed by atoms with E-state index in [0.29, 0.717) is 0 Å². The van der Waals surface area contributed by atoms with E-state index in [1.807, 2.05) is 25.2 Å². The summed E-state index contributed by atoms with van der Waals surface area (Å²) in [5, 5.41) is 8.20. The highest BCUT2D eigenvalue weighted by Crippen LogP contribution is 1.72. The average molecular weight is 122 g/mol. The summed E-state index contributed by atoms with van der Waals surface area (Å²) in [4.78, 5) is 0. The van der Waals surface area contributed by atoms with Crippen molar-refractivity contribution >= 4 is 0 Å². The molecule has 0 spiro atoms. The van der Waals surface area contributed by atoms with Crippen LogP contribution in [0.2, 0.25) is 0 Å². The van der Waals surface area contributed by atoms with E-state index in [-0.39, 0.29) is 6.61 Å². The Balaban J connectivity index is 3.46. The lowest BCUT2D eigenvalue weighted by molar-refractivity contribution is 0.350. The molecular weight excluding hydrogens is 112 g/mol. The van der Waals surface area contributed by atoms with Gasteiger partial charge in [0, 0.05) is 0 Å². The van der Waals surface area contributed by atoms with Crippen LogP contribution in [0.15, 0.2) is 24.3 Å². The van der Waals surface area contributed by atoms with Gasteiger partial charge in [-0.05, 0) is 13.0 Å². The van der Waals surface area contributed by atoms with Crippen molar-refractivity contribution in [1.82, 2.24) is 0 Å². The van der Waals surface area contributed by atoms with Gasteiger partial charge in [-0.25, -0.2) is 0 Å². The highest BCUT2D eigenvalue weighted by Gasteiger charge is 1.58. The predicted molar refractivity (Wildman–Crippen MR) is 38.8 cm³/mol. The van der Waals surface area contributed by atoms with E-state index in [1.54, 1.807) is 6.08 Å². The minimum atomic E-state index is -0.0693. The number of rotatable bonds is 1. The molecule has 0 aliphatic rings. The predicted octanol–water partition coefficient (Wildman–Crippen LogP) is 1.11. The second-order valence-electron chi connectivity index (χ2n) is 1.36. The highest BCUT2D eigenvalue weighted by molar-refractivity contribution is 5.19. The number of aliphatic hydroxyl groups is 1. The fraction of sp³-hybridized carbons (Fsp3) is 0.250. The Labute approximate surface area is 55.7 Å². The summed E-state index contributed by atoms with van der Waals surface area (Å²) < 4.78 is 0. The lowest BCUT2D eigenvalue weighted by Crippen LogP contribution is -1.68. The van der Waals surface area contributed by atoms with Gasteiger partial charge in [0.1, 0.15) is 6.61 Å². The molecule has 0 fully saturated rings. The average Bonchev–Trinajstić information content (AvgIpc) is 1.89. The SMILES string of the molecule is C/C=C/C=C/C#CCO. The third-order valence-corrected chi connectivity index (χ3v) is 0.664. The summed E-state index contributed by atoms with van der Waals surface area (Å²) in [6, 6.07) is 0.